The maximum absolute atomic E-state index is 5.92. The van der Waals surface area contributed by atoms with Crippen molar-refractivity contribution in [1.29, 1.82) is 0 Å². The molecule has 3 nitrogen and oxygen atoms in total. The number of nitrogens with one attached hydrogen (secondary N) is 1. The summed E-state index contributed by atoms with van der Waals surface area (Å²) in [7, 11) is 1.66. The fourth-order valence-corrected chi connectivity index (χ4v) is 1.98. The second-order valence-corrected chi connectivity index (χ2v) is 5.25. The highest BCUT2D eigenvalue weighted by Crippen LogP contribution is 2.20. The Bertz CT molecular complexity index is 531. The molecule has 0 amide bonds. The zero-order valence-corrected chi connectivity index (χ0v) is 12.7. The highest BCUT2D eigenvalue weighted by atomic mass is 127. The predicted molar refractivity (Wildman–Crippen MR) is 82.3 cm³/mol. The van der Waals surface area contributed by atoms with Crippen molar-refractivity contribution in [3.63, 3.8) is 0 Å². The van der Waals surface area contributed by atoms with E-state index < -0.39 is 0 Å². The van der Waals surface area contributed by atoms with Crippen LogP contribution in [0, 0.1) is 3.57 Å². The first kappa shape index (κ1) is 13.4. The summed E-state index contributed by atoms with van der Waals surface area (Å²) in [6.07, 6.45) is 1.65. The van der Waals surface area contributed by atoms with E-state index >= 15 is 0 Å². The molecule has 0 atom stereocenters. The van der Waals surface area contributed by atoms with Gasteiger partial charge in [-0.3, -0.25) is 0 Å². The molecular weight excluding hydrogens is 363 g/mol. The SMILES string of the molecule is COc1ccc(CNc2cc(I)c(Cl)cn2)cc1. The van der Waals surface area contributed by atoms with E-state index in [2.05, 4.69) is 32.9 Å². The molecule has 0 radical (unpaired) electrons. The van der Waals surface area contributed by atoms with Gasteiger partial charge >= 0.3 is 0 Å². The van der Waals surface area contributed by atoms with Gasteiger partial charge in [-0.2, -0.15) is 0 Å². The average molecular weight is 375 g/mol. The zero-order valence-electron chi connectivity index (χ0n) is 9.78. The van der Waals surface area contributed by atoms with E-state index in [4.69, 9.17) is 16.3 Å². The number of rotatable bonds is 4. The third-order valence-electron chi connectivity index (χ3n) is 2.44. The van der Waals surface area contributed by atoms with Crippen molar-refractivity contribution in [2.45, 2.75) is 6.54 Å². The van der Waals surface area contributed by atoms with Crippen LogP contribution in [-0.4, -0.2) is 12.1 Å². The average Bonchev–Trinajstić information content (AvgIpc) is 2.41. The Hall–Kier alpha value is -1.01. The third-order valence-corrected chi connectivity index (χ3v) is 3.95. The second-order valence-electron chi connectivity index (χ2n) is 3.69. The van der Waals surface area contributed by atoms with Gasteiger partial charge in [0.25, 0.3) is 0 Å². The molecule has 1 heterocycles. The third kappa shape index (κ3) is 3.49. The minimum atomic E-state index is 0.672. The lowest BCUT2D eigenvalue weighted by Gasteiger charge is -2.07. The molecule has 0 aliphatic rings. The van der Waals surface area contributed by atoms with Crippen LogP contribution in [0.25, 0.3) is 0 Å². The largest absolute Gasteiger partial charge is 0.497 e. The van der Waals surface area contributed by atoms with Gasteiger partial charge in [-0.15, -0.1) is 0 Å². The van der Waals surface area contributed by atoms with Crippen molar-refractivity contribution >= 4 is 40.0 Å². The molecule has 0 saturated heterocycles. The molecule has 1 aromatic carbocycles. The molecule has 0 aliphatic heterocycles. The van der Waals surface area contributed by atoms with E-state index in [1.54, 1.807) is 13.3 Å². The van der Waals surface area contributed by atoms with Crippen LogP contribution in [0.3, 0.4) is 0 Å². The first-order valence-corrected chi connectivity index (χ1v) is 6.82. The summed E-state index contributed by atoms with van der Waals surface area (Å²) in [4.78, 5) is 4.22. The van der Waals surface area contributed by atoms with Gasteiger partial charge < -0.3 is 10.1 Å². The van der Waals surface area contributed by atoms with Crippen molar-refractivity contribution in [3.8, 4) is 5.75 Å². The van der Waals surface area contributed by atoms with Gasteiger partial charge in [-0.1, -0.05) is 23.7 Å². The van der Waals surface area contributed by atoms with E-state index in [0.29, 0.717) is 11.6 Å². The molecular formula is C13H12ClIN2O. The number of nitrogens with zero attached hydrogens (tertiary/aromatic N) is 1. The summed E-state index contributed by atoms with van der Waals surface area (Å²) in [5.74, 6) is 1.68. The number of ether oxygens (including phenoxy) is 1. The van der Waals surface area contributed by atoms with Gasteiger partial charge in [0.15, 0.2) is 0 Å². The van der Waals surface area contributed by atoms with E-state index in [9.17, 15) is 0 Å². The molecule has 0 bridgehead atoms. The Morgan fingerprint density at radius 3 is 2.67 bits per heavy atom. The number of anilines is 1. The molecule has 5 heteroatoms. The molecule has 2 aromatic rings. The summed E-state index contributed by atoms with van der Waals surface area (Å²) in [6.45, 7) is 0.717. The van der Waals surface area contributed by atoms with Crippen LogP contribution in [0.5, 0.6) is 5.75 Å². The zero-order chi connectivity index (χ0) is 13.0. The standard InChI is InChI=1S/C13H12ClIN2O/c1-18-10-4-2-9(3-5-10)7-16-13-6-12(15)11(14)8-17-13/h2-6,8H,7H2,1H3,(H,16,17). The molecule has 1 N–H and O–H groups in total. The first-order valence-electron chi connectivity index (χ1n) is 5.37. The first-order chi connectivity index (χ1) is 8.69. The second kappa shape index (κ2) is 6.24. The van der Waals surface area contributed by atoms with Crippen molar-refractivity contribution in [2.24, 2.45) is 0 Å². The molecule has 2 rings (SSSR count). The molecule has 0 fully saturated rings. The van der Waals surface area contributed by atoms with Gasteiger partial charge in [-0.05, 0) is 46.4 Å². The summed E-state index contributed by atoms with van der Waals surface area (Å²) < 4.78 is 6.10. The number of hydrogen-bond acceptors (Lipinski definition) is 3. The van der Waals surface area contributed by atoms with Crippen LogP contribution in [0.1, 0.15) is 5.56 Å². The Morgan fingerprint density at radius 1 is 1.33 bits per heavy atom. The molecule has 0 aliphatic carbocycles. The van der Waals surface area contributed by atoms with Crippen molar-refractivity contribution in [2.75, 3.05) is 12.4 Å². The van der Waals surface area contributed by atoms with Crippen molar-refractivity contribution in [3.05, 3.63) is 50.7 Å². The molecule has 94 valence electrons. The van der Waals surface area contributed by atoms with E-state index in [0.717, 1.165) is 15.1 Å². The van der Waals surface area contributed by atoms with Crippen LogP contribution >= 0.6 is 34.2 Å². The van der Waals surface area contributed by atoms with Crippen LogP contribution < -0.4 is 10.1 Å². The van der Waals surface area contributed by atoms with Gasteiger partial charge in [-0.25, -0.2) is 4.98 Å². The van der Waals surface area contributed by atoms with E-state index in [1.165, 1.54) is 5.56 Å². The fraction of sp³-hybridized carbons (Fsp3) is 0.154. The Balaban J connectivity index is 1.99. The quantitative estimate of drug-likeness (QED) is 0.823. The summed E-state index contributed by atoms with van der Waals surface area (Å²) >= 11 is 8.10. The Kier molecular flexibility index (Phi) is 4.66. The number of pyridine rings is 1. The van der Waals surface area contributed by atoms with Crippen LogP contribution in [-0.2, 0) is 6.54 Å². The van der Waals surface area contributed by atoms with Crippen molar-refractivity contribution < 1.29 is 4.74 Å². The van der Waals surface area contributed by atoms with E-state index in [1.807, 2.05) is 30.3 Å². The van der Waals surface area contributed by atoms with Gasteiger partial charge in [0.2, 0.25) is 0 Å². The van der Waals surface area contributed by atoms with Crippen LogP contribution in [0.4, 0.5) is 5.82 Å². The van der Waals surface area contributed by atoms with Gasteiger partial charge in [0.05, 0.1) is 12.1 Å². The highest BCUT2D eigenvalue weighted by molar-refractivity contribution is 14.1. The summed E-state index contributed by atoms with van der Waals surface area (Å²) in [5.41, 5.74) is 1.17. The number of aromatic nitrogens is 1. The van der Waals surface area contributed by atoms with Gasteiger partial charge in [0.1, 0.15) is 11.6 Å². The summed E-state index contributed by atoms with van der Waals surface area (Å²) in [5, 5.41) is 3.92. The molecule has 0 spiro atoms. The van der Waals surface area contributed by atoms with Crippen LogP contribution in [0.15, 0.2) is 36.5 Å². The minimum Gasteiger partial charge on any atom is -0.497 e. The predicted octanol–water partition coefficient (Wildman–Crippen LogP) is 3.96. The normalized spacial score (nSPS) is 10.2. The number of benzene rings is 1. The number of hydrogen-bond donors (Lipinski definition) is 1. The lowest BCUT2D eigenvalue weighted by Crippen LogP contribution is -2.01. The maximum Gasteiger partial charge on any atom is 0.127 e. The Labute approximate surface area is 125 Å². The summed E-state index contributed by atoms with van der Waals surface area (Å²) in [6, 6.07) is 9.85. The molecule has 18 heavy (non-hydrogen) atoms. The topological polar surface area (TPSA) is 34.1 Å². The van der Waals surface area contributed by atoms with Crippen molar-refractivity contribution in [1.82, 2.24) is 4.98 Å². The fourth-order valence-electron chi connectivity index (χ4n) is 1.45. The monoisotopic (exact) mass is 374 g/mol. The molecule has 0 saturated carbocycles. The maximum atomic E-state index is 5.92. The van der Waals surface area contributed by atoms with Crippen LogP contribution in [0.2, 0.25) is 5.02 Å². The number of halogens is 2. The number of methoxy groups -OCH3 is 1. The van der Waals surface area contributed by atoms with Gasteiger partial charge in [0, 0.05) is 16.3 Å². The lowest BCUT2D eigenvalue weighted by molar-refractivity contribution is 0.414. The Morgan fingerprint density at radius 2 is 2.06 bits per heavy atom. The van der Waals surface area contributed by atoms with E-state index in [-0.39, 0.29) is 0 Å². The smallest absolute Gasteiger partial charge is 0.127 e. The molecule has 1 aromatic heterocycles. The molecule has 0 unspecified atom stereocenters. The lowest BCUT2D eigenvalue weighted by atomic mass is 10.2. The highest BCUT2D eigenvalue weighted by Gasteiger charge is 2.00. The minimum absolute atomic E-state index is 0.672.